The fourth-order valence-corrected chi connectivity index (χ4v) is 5.82. The number of hydrogen-bond acceptors (Lipinski definition) is 5. The van der Waals surface area contributed by atoms with Gasteiger partial charge in [0.05, 0.1) is 26.4 Å². The summed E-state index contributed by atoms with van der Waals surface area (Å²) in [6.07, 6.45) is 8.14. The first kappa shape index (κ1) is 21.4. The number of hydrogen-bond donors (Lipinski definition) is 1. The molecule has 0 radical (unpaired) electrons. The van der Waals surface area contributed by atoms with Crippen LogP contribution in [0.4, 0.5) is 0 Å². The van der Waals surface area contributed by atoms with Crippen molar-refractivity contribution >= 4 is 5.91 Å². The second kappa shape index (κ2) is 9.15. The zero-order valence-electron chi connectivity index (χ0n) is 18.4. The van der Waals surface area contributed by atoms with E-state index in [0.29, 0.717) is 6.54 Å². The fourth-order valence-electron chi connectivity index (χ4n) is 5.82. The average molecular weight is 417 g/mol. The molecule has 0 aromatic heterocycles. The molecule has 1 amide bonds. The molecule has 1 aromatic rings. The summed E-state index contributed by atoms with van der Waals surface area (Å²) in [6.45, 7) is 2.86. The van der Waals surface area contributed by atoms with E-state index in [0.717, 1.165) is 81.6 Å². The molecule has 1 N–H and O–H groups in total. The van der Waals surface area contributed by atoms with Crippen molar-refractivity contribution in [2.45, 2.75) is 63.0 Å². The molecule has 2 heterocycles. The summed E-state index contributed by atoms with van der Waals surface area (Å²) in [5.41, 5.74) is 0.357. The van der Waals surface area contributed by atoms with E-state index in [4.69, 9.17) is 9.47 Å². The number of rotatable bonds is 5. The Hall–Kier alpha value is -1.79. The van der Waals surface area contributed by atoms with E-state index in [1.54, 1.807) is 14.2 Å². The van der Waals surface area contributed by atoms with E-state index in [1.807, 2.05) is 23.1 Å². The van der Waals surface area contributed by atoms with Gasteiger partial charge in [0.1, 0.15) is 11.5 Å². The van der Waals surface area contributed by atoms with E-state index in [-0.39, 0.29) is 17.9 Å². The Bertz CT molecular complexity index is 749. The van der Waals surface area contributed by atoms with Crippen molar-refractivity contribution in [3.8, 4) is 11.5 Å². The number of fused-ring (bicyclic) bond motifs is 1. The van der Waals surface area contributed by atoms with Crippen molar-refractivity contribution in [3.63, 3.8) is 0 Å². The molecule has 6 heteroatoms. The van der Waals surface area contributed by atoms with Crippen LogP contribution < -0.4 is 9.47 Å². The number of benzene rings is 1. The van der Waals surface area contributed by atoms with Crippen LogP contribution in [-0.4, -0.2) is 66.8 Å². The summed E-state index contributed by atoms with van der Waals surface area (Å²) >= 11 is 0. The third-order valence-corrected chi connectivity index (χ3v) is 7.47. The molecule has 0 unspecified atom stereocenters. The van der Waals surface area contributed by atoms with Crippen molar-refractivity contribution in [3.05, 3.63) is 23.8 Å². The Balaban J connectivity index is 1.67. The molecule has 0 bridgehead atoms. The molecule has 30 heavy (non-hydrogen) atoms. The first-order valence-electron chi connectivity index (χ1n) is 11.5. The summed E-state index contributed by atoms with van der Waals surface area (Å²) in [7, 11) is 3.35. The predicted octanol–water partition coefficient (Wildman–Crippen LogP) is 3.38. The van der Waals surface area contributed by atoms with Gasteiger partial charge in [-0.05, 0) is 56.7 Å². The number of carbonyl (C=O) groups excluding carboxylic acids is 1. The molecule has 1 aromatic carbocycles. The summed E-state index contributed by atoms with van der Waals surface area (Å²) in [5.74, 6) is 1.88. The van der Waals surface area contributed by atoms with Gasteiger partial charge in [0.2, 0.25) is 5.91 Å². The quantitative estimate of drug-likeness (QED) is 0.797. The molecule has 2 saturated heterocycles. The molecule has 3 fully saturated rings. The minimum Gasteiger partial charge on any atom is -0.497 e. The standard InChI is InChI=1S/C24H36N2O4/c1-29-18-9-10-21(30-2)19(16-18)23-20-8-4-5-11-24(20,28)12-15-26(23)17-22(27)25-13-6-3-7-14-25/h9-10,16,20,23,28H,3-8,11-15,17H2,1-2H3/t20-,23+,24+/m0/s1. The van der Waals surface area contributed by atoms with Crippen LogP contribution in [0.2, 0.25) is 0 Å². The highest BCUT2D eigenvalue weighted by Crippen LogP contribution is 2.51. The first-order chi connectivity index (χ1) is 14.6. The Morgan fingerprint density at radius 2 is 1.87 bits per heavy atom. The lowest BCUT2D eigenvalue weighted by atomic mass is 9.66. The number of amides is 1. The SMILES string of the molecule is COc1ccc(OC)c([C@@H]2[C@@H]3CCCC[C@@]3(O)CCN2CC(=O)N2CCCCC2)c1. The van der Waals surface area contributed by atoms with Gasteiger partial charge in [0.15, 0.2) is 0 Å². The first-order valence-corrected chi connectivity index (χ1v) is 11.5. The lowest BCUT2D eigenvalue weighted by Crippen LogP contribution is -2.56. The third kappa shape index (κ3) is 4.17. The molecule has 1 saturated carbocycles. The van der Waals surface area contributed by atoms with Gasteiger partial charge in [-0.25, -0.2) is 0 Å². The van der Waals surface area contributed by atoms with Crippen molar-refractivity contribution < 1.29 is 19.4 Å². The molecule has 6 nitrogen and oxygen atoms in total. The fraction of sp³-hybridized carbons (Fsp3) is 0.708. The van der Waals surface area contributed by atoms with Crippen LogP contribution in [0.15, 0.2) is 18.2 Å². The molecular weight excluding hydrogens is 380 g/mol. The highest BCUT2D eigenvalue weighted by atomic mass is 16.5. The number of methoxy groups -OCH3 is 2. The van der Waals surface area contributed by atoms with Crippen LogP contribution in [0, 0.1) is 5.92 Å². The molecule has 1 aliphatic carbocycles. The molecule has 3 aliphatic rings. The molecule has 2 aliphatic heterocycles. The summed E-state index contributed by atoms with van der Waals surface area (Å²) in [5, 5.41) is 11.5. The number of nitrogens with zero attached hydrogens (tertiary/aromatic N) is 2. The van der Waals surface area contributed by atoms with Crippen molar-refractivity contribution in [1.82, 2.24) is 9.80 Å². The van der Waals surface area contributed by atoms with Gasteiger partial charge in [-0.1, -0.05) is 12.8 Å². The lowest BCUT2D eigenvalue weighted by Gasteiger charge is -2.53. The second-order valence-corrected chi connectivity index (χ2v) is 9.17. The molecule has 4 rings (SSSR count). The molecular formula is C24H36N2O4. The smallest absolute Gasteiger partial charge is 0.236 e. The monoisotopic (exact) mass is 416 g/mol. The maximum Gasteiger partial charge on any atom is 0.236 e. The Morgan fingerprint density at radius 3 is 2.60 bits per heavy atom. The van der Waals surface area contributed by atoms with E-state index >= 15 is 0 Å². The van der Waals surface area contributed by atoms with Crippen LogP contribution >= 0.6 is 0 Å². The minimum absolute atomic E-state index is 0.0529. The van der Waals surface area contributed by atoms with Crippen molar-refractivity contribution in [2.75, 3.05) is 40.4 Å². The second-order valence-electron chi connectivity index (χ2n) is 9.17. The maximum absolute atomic E-state index is 13.1. The van der Waals surface area contributed by atoms with Gasteiger partial charge in [-0.3, -0.25) is 9.69 Å². The zero-order valence-corrected chi connectivity index (χ0v) is 18.4. The van der Waals surface area contributed by atoms with E-state index in [2.05, 4.69) is 4.90 Å². The van der Waals surface area contributed by atoms with Crippen LogP contribution in [0.1, 0.15) is 63.0 Å². The zero-order chi connectivity index (χ0) is 21.1. The molecule has 0 spiro atoms. The van der Waals surface area contributed by atoms with Gasteiger partial charge < -0.3 is 19.5 Å². The number of carbonyl (C=O) groups is 1. The minimum atomic E-state index is -0.665. The van der Waals surface area contributed by atoms with Gasteiger partial charge in [-0.15, -0.1) is 0 Å². The van der Waals surface area contributed by atoms with Crippen molar-refractivity contribution in [2.24, 2.45) is 5.92 Å². The maximum atomic E-state index is 13.1. The van der Waals surface area contributed by atoms with Crippen LogP contribution in [-0.2, 0) is 4.79 Å². The van der Waals surface area contributed by atoms with E-state index in [1.165, 1.54) is 6.42 Å². The Morgan fingerprint density at radius 1 is 1.07 bits per heavy atom. The summed E-state index contributed by atoms with van der Waals surface area (Å²) in [6, 6.07) is 5.82. The molecule has 3 atom stereocenters. The van der Waals surface area contributed by atoms with Crippen molar-refractivity contribution in [1.29, 1.82) is 0 Å². The van der Waals surface area contributed by atoms with Gasteiger partial charge in [0, 0.05) is 37.2 Å². The normalized spacial score (nSPS) is 29.9. The van der Waals surface area contributed by atoms with Gasteiger partial charge in [0.25, 0.3) is 0 Å². The van der Waals surface area contributed by atoms with E-state index < -0.39 is 5.60 Å². The average Bonchev–Trinajstić information content (AvgIpc) is 2.79. The predicted molar refractivity (Wildman–Crippen MR) is 116 cm³/mol. The van der Waals surface area contributed by atoms with Gasteiger partial charge in [-0.2, -0.15) is 0 Å². The number of aliphatic hydroxyl groups is 1. The Labute approximate surface area is 180 Å². The van der Waals surface area contributed by atoms with Gasteiger partial charge >= 0.3 is 0 Å². The Kier molecular flexibility index (Phi) is 6.54. The highest BCUT2D eigenvalue weighted by Gasteiger charge is 2.50. The summed E-state index contributed by atoms with van der Waals surface area (Å²) in [4.78, 5) is 17.4. The summed E-state index contributed by atoms with van der Waals surface area (Å²) < 4.78 is 11.2. The number of piperidine rings is 2. The number of ether oxygens (including phenoxy) is 2. The number of likely N-dealkylation sites (tertiary alicyclic amines) is 2. The van der Waals surface area contributed by atoms with Crippen LogP contribution in [0.3, 0.4) is 0 Å². The highest BCUT2D eigenvalue weighted by molar-refractivity contribution is 5.78. The van der Waals surface area contributed by atoms with Crippen LogP contribution in [0.25, 0.3) is 0 Å². The lowest BCUT2D eigenvalue weighted by molar-refractivity contribution is -0.145. The third-order valence-electron chi connectivity index (χ3n) is 7.47. The largest absolute Gasteiger partial charge is 0.497 e. The van der Waals surface area contributed by atoms with E-state index in [9.17, 15) is 9.90 Å². The van der Waals surface area contributed by atoms with Crippen LogP contribution in [0.5, 0.6) is 11.5 Å². The molecule has 166 valence electrons. The topological polar surface area (TPSA) is 62.2 Å².